The number of rotatable bonds is 6. The Bertz CT molecular complexity index is 948. The molecule has 1 atom stereocenters. The number of carbonyl (C=O) groups excluding carboxylic acids is 1. The van der Waals surface area contributed by atoms with Gasteiger partial charge >= 0.3 is 0 Å². The van der Waals surface area contributed by atoms with E-state index in [0.29, 0.717) is 23.7 Å². The topological polar surface area (TPSA) is 91.2 Å². The fourth-order valence-electron chi connectivity index (χ4n) is 3.08. The number of aryl methyl sites for hydroxylation is 1. The van der Waals surface area contributed by atoms with Gasteiger partial charge in [0.05, 0.1) is 6.10 Å². The number of nitrogens with zero attached hydrogens (tertiary/aromatic N) is 4. The van der Waals surface area contributed by atoms with Crippen molar-refractivity contribution in [3.05, 3.63) is 54.1 Å². The first kappa shape index (κ1) is 18.1. The summed E-state index contributed by atoms with van der Waals surface area (Å²) in [4.78, 5) is 12.5. The lowest BCUT2D eigenvalue weighted by atomic mass is 10.1. The largest absolute Gasteiger partial charge is 0.491 e. The lowest BCUT2D eigenvalue weighted by molar-refractivity contribution is 0.0679. The molecule has 144 valence electrons. The minimum Gasteiger partial charge on any atom is -0.491 e. The molecule has 2 heterocycles. The zero-order valence-corrected chi connectivity index (χ0v) is 15.5. The standard InChI is InChI=1S/C20H21N5O3/c1-25-19(22-23-24-25)15-4-2-5-16(12-15)21-20(26)14-7-9-17(10-8-14)28-13-18-6-3-11-27-18/h2,4-5,7-10,12,18H,3,6,11,13H2,1H3,(H,21,26)/t18-/m1/s1. The summed E-state index contributed by atoms with van der Waals surface area (Å²) >= 11 is 0. The molecule has 0 unspecified atom stereocenters. The Kier molecular flexibility index (Phi) is 5.29. The van der Waals surface area contributed by atoms with Gasteiger partial charge in [-0.1, -0.05) is 12.1 Å². The maximum Gasteiger partial charge on any atom is 0.255 e. The first-order valence-corrected chi connectivity index (χ1v) is 9.17. The van der Waals surface area contributed by atoms with E-state index in [1.165, 1.54) is 0 Å². The van der Waals surface area contributed by atoms with E-state index in [0.717, 1.165) is 30.8 Å². The van der Waals surface area contributed by atoms with Crippen molar-refractivity contribution in [3.8, 4) is 17.1 Å². The van der Waals surface area contributed by atoms with E-state index in [9.17, 15) is 4.79 Å². The predicted molar refractivity (Wildman–Crippen MR) is 103 cm³/mol. The van der Waals surface area contributed by atoms with Crippen molar-refractivity contribution < 1.29 is 14.3 Å². The normalized spacial score (nSPS) is 16.1. The fourth-order valence-corrected chi connectivity index (χ4v) is 3.08. The Balaban J connectivity index is 1.39. The maximum atomic E-state index is 12.5. The molecule has 1 amide bonds. The third-order valence-electron chi connectivity index (χ3n) is 4.58. The average molecular weight is 379 g/mol. The predicted octanol–water partition coefficient (Wildman–Crippen LogP) is 2.69. The minimum atomic E-state index is -0.195. The SMILES string of the molecule is Cn1nnnc1-c1cccc(NC(=O)c2ccc(OC[C@H]3CCCO3)cc2)c1. The molecule has 3 aromatic rings. The van der Waals surface area contributed by atoms with Gasteiger partial charge in [-0.2, -0.15) is 0 Å². The molecule has 1 saturated heterocycles. The molecule has 0 bridgehead atoms. The zero-order chi connectivity index (χ0) is 19.3. The Labute approximate surface area is 162 Å². The number of tetrazole rings is 1. The average Bonchev–Trinajstić information content (AvgIpc) is 3.38. The van der Waals surface area contributed by atoms with Gasteiger partial charge in [0.1, 0.15) is 12.4 Å². The molecular formula is C20H21N5O3. The van der Waals surface area contributed by atoms with Crippen molar-refractivity contribution in [2.24, 2.45) is 7.05 Å². The molecule has 8 heteroatoms. The van der Waals surface area contributed by atoms with Crippen LogP contribution in [-0.4, -0.2) is 45.4 Å². The van der Waals surface area contributed by atoms with Crippen LogP contribution in [0, 0.1) is 0 Å². The van der Waals surface area contributed by atoms with E-state index in [-0.39, 0.29) is 12.0 Å². The highest BCUT2D eigenvalue weighted by molar-refractivity contribution is 6.04. The van der Waals surface area contributed by atoms with Crippen LogP contribution in [0.1, 0.15) is 23.2 Å². The summed E-state index contributed by atoms with van der Waals surface area (Å²) in [7, 11) is 1.77. The van der Waals surface area contributed by atoms with Crippen LogP contribution in [0.15, 0.2) is 48.5 Å². The molecule has 28 heavy (non-hydrogen) atoms. The lowest BCUT2D eigenvalue weighted by Gasteiger charge is -2.12. The van der Waals surface area contributed by atoms with E-state index in [1.807, 2.05) is 24.3 Å². The number of hydrogen-bond acceptors (Lipinski definition) is 6. The summed E-state index contributed by atoms with van der Waals surface area (Å²) in [5.74, 6) is 1.16. The second kappa shape index (κ2) is 8.18. The van der Waals surface area contributed by atoms with Crippen LogP contribution >= 0.6 is 0 Å². The maximum absolute atomic E-state index is 12.5. The van der Waals surface area contributed by atoms with E-state index >= 15 is 0 Å². The molecule has 1 aliphatic heterocycles. The summed E-state index contributed by atoms with van der Waals surface area (Å²) in [5.41, 5.74) is 2.04. The minimum absolute atomic E-state index is 0.166. The van der Waals surface area contributed by atoms with Gasteiger partial charge in [-0.3, -0.25) is 4.79 Å². The molecule has 1 fully saturated rings. The first-order chi connectivity index (χ1) is 13.7. The van der Waals surface area contributed by atoms with E-state index in [4.69, 9.17) is 9.47 Å². The molecule has 1 N–H and O–H groups in total. The molecule has 0 radical (unpaired) electrons. The van der Waals surface area contributed by atoms with Crippen molar-refractivity contribution in [2.75, 3.05) is 18.5 Å². The second-order valence-electron chi connectivity index (χ2n) is 6.63. The lowest BCUT2D eigenvalue weighted by Crippen LogP contribution is -2.16. The van der Waals surface area contributed by atoms with E-state index in [2.05, 4.69) is 20.8 Å². The van der Waals surface area contributed by atoms with Crippen molar-refractivity contribution in [1.29, 1.82) is 0 Å². The summed E-state index contributed by atoms with van der Waals surface area (Å²) in [6.45, 7) is 1.34. The first-order valence-electron chi connectivity index (χ1n) is 9.17. The number of aromatic nitrogens is 4. The number of nitrogens with one attached hydrogen (secondary N) is 1. The number of benzene rings is 2. The Morgan fingerprint density at radius 1 is 1.29 bits per heavy atom. The summed E-state index contributed by atoms with van der Waals surface area (Å²) in [6, 6.07) is 14.5. The Morgan fingerprint density at radius 2 is 2.14 bits per heavy atom. The van der Waals surface area contributed by atoms with Gasteiger partial charge in [-0.25, -0.2) is 4.68 Å². The van der Waals surface area contributed by atoms with Gasteiger partial charge in [0.25, 0.3) is 5.91 Å². The molecular weight excluding hydrogens is 358 g/mol. The van der Waals surface area contributed by atoms with Crippen LogP contribution < -0.4 is 10.1 Å². The Morgan fingerprint density at radius 3 is 2.86 bits per heavy atom. The van der Waals surface area contributed by atoms with E-state index < -0.39 is 0 Å². The van der Waals surface area contributed by atoms with Crippen molar-refractivity contribution in [3.63, 3.8) is 0 Å². The third-order valence-corrected chi connectivity index (χ3v) is 4.58. The molecule has 8 nitrogen and oxygen atoms in total. The summed E-state index contributed by atoms with van der Waals surface area (Å²) < 4.78 is 12.9. The molecule has 0 aliphatic carbocycles. The van der Waals surface area contributed by atoms with Crippen LogP contribution in [-0.2, 0) is 11.8 Å². The van der Waals surface area contributed by atoms with Crippen molar-refractivity contribution in [1.82, 2.24) is 20.2 Å². The smallest absolute Gasteiger partial charge is 0.255 e. The monoisotopic (exact) mass is 379 g/mol. The van der Waals surface area contributed by atoms with E-state index in [1.54, 1.807) is 36.0 Å². The van der Waals surface area contributed by atoms with Gasteiger partial charge in [-0.05, 0) is 59.7 Å². The summed E-state index contributed by atoms with van der Waals surface area (Å²) in [6.07, 6.45) is 2.28. The number of amides is 1. The van der Waals surface area contributed by atoms with Crippen LogP contribution in [0.2, 0.25) is 0 Å². The number of ether oxygens (including phenoxy) is 2. The van der Waals surface area contributed by atoms with Crippen LogP contribution in [0.3, 0.4) is 0 Å². The third kappa shape index (κ3) is 4.17. The zero-order valence-electron chi connectivity index (χ0n) is 15.5. The highest BCUT2D eigenvalue weighted by Crippen LogP contribution is 2.21. The van der Waals surface area contributed by atoms with Gasteiger partial charge in [0.2, 0.25) is 0 Å². The molecule has 4 rings (SSSR count). The number of hydrogen-bond donors (Lipinski definition) is 1. The molecule has 1 aromatic heterocycles. The highest BCUT2D eigenvalue weighted by atomic mass is 16.5. The number of carbonyl (C=O) groups is 1. The van der Waals surface area contributed by atoms with Gasteiger partial charge in [-0.15, -0.1) is 5.10 Å². The van der Waals surface area contributed by atoms with Crippen LogP contribution in [0.25, 0.3) is 11.4 Å². The van der Waals surface area contributed by atoms with Gasteiger partial charge in [0, 0.05) is 30.5 Å². The fraction of sp³-hybridized carbons (Fsp3) is 0.300. The highest BCUT2D eigenvalue weighted by Gasteiger charge is 2.16. The van der Waals surface area contributed by atoms with Crippen molar-refractivity contribution >= 4 is 11.6 Å². The number of anilines is 1. The molecule has 0 saturated carbocycles. The molecule has 2 aromatic carbocycles. The molecule has 0 spiro atoms. The Hall–Kier alpha value is -3.26. The summed E-state index contributed by atoms with van der Waals surface area (Å²) in [5, 5.41) is 14.4. The quantitative estimate of drug-likeness (QED) is 0.708. The molecule has 1 aliphatic rings. The second-order valence-corrected chi connectivity index (χ2v) is 6.63. The van der Waals surface area contributed by atoms with Crippen molar-refractivity contribution in [2.45, 2.75) is 18.9 Å². The van der Waals surface area contributed by atoms with Gasteiger partial charge < -0.3 is 14.8 Å². The van der Waals surface area contributed by atoms with Crippen LogP contribution in [0.5, 0.6) is 5.75 Å². The van der Waals surface area contributed by atoms with Gasteiger partial charge in [0.15, 0.2) is 5.82 Å². The van der Waals surface area contributed by atoms with Crippen LogP contribution in [0.4, 0.5) is 5.69 Å².